The van der Waals surface area contributed by atoms with E-state index in [1.165, 1.54) is 69.5 Å². The summed E-state index contributed by atoms with van der Waals surface area (Å²) in [7, 11) is 0. The van der Waals surface area contributed by atoms with Crippen LogP contribution in [0.15, 0.2) is 30.3 Å². The number of carbonyl (C=O) groups excluding carboxylic acids is 2. The van der Waals surface area contributed by atoms with E-state index in [1.807, 2.05) is 0 Å². The van der Waals surface area contributed by atoms with Crippen molar-refractivity contribution in [2.24, 2.45) is 0 Å². The van der Waals surface area contributed by atoms with Gasteiger partial charge in [0.05, 0.1) is 5.56 Å². The highest BCUT2D eigenvalue weighted by Crippen LogP contribution is 2.24. The van der Waals surface area contributed by atoms with Gasteiger partial charge in [-0.25, -0.2) is 4.79 Å². The number of ether oxygens (including phenoxy) is 1. The van der Waals surface area contributed by atoms with E-state index >= 15 is 0 Å². The van der Waals surface area contributed by atoms with Gasteiger partial charge in [-0.2, -0.15) is 0 Å². The van der Waals surface area contributed by atoms with Gasteiger partial charge in [-0.3, -0.25) is 4.79 Å². The molecule has 1 rings (SSSR count). The first-order valence-electron chi connectivity index (χ1n) is 10.7. The zero-order valence-electron chi connectivity index (χ0n) is 17.7. The maximum atomic E-state index is 12.1. The standard InChI is InChI=1S/C23H34O3S3/c1-3-4-5-6-7-8-9-10-11-15-18-28-23(27)29-19(2)21(24)26-22(25)20-16-13-12-14-17-20/h12-14,16-17,19H,3-11,15,18H2,1-2H3. The lowest BCUT2D eigenvalue weighted by Gasteiger charge is -2.10. The van der Waals surface area contributed by atoms with Crippen molar-refractivity contribution in [3.8, 4) is 0 Å². The van der Waals surface area contributed by atoms with Crippen LogP contribution in [0, 0.1) is 0 Å². The molecular weight excluding hydrogens is 420 g/mol. The van der Waals surface area contributed by atoms with E-state index in [1.54, 1.807) is 49.0 Å². The summed E-state index contributed by atoms with van der Waals surface area (Å²) in [5, 5.41) is -0.490. The Hall–Kier alpha value is -0.850. The second-order valence-electron chi connectivity index (χ2n) is 7.12. The monoisotopic (exact) mass is 454 g/mol. The predicted octanol–water partition coefficient (Wildman–Crippen LogP) is 7.43. The Morgan fingerprint density at radius 2 is 1.48 bits per heavy atom. The van der Waals surface area contributed by atoms with Crippen LogP contribution in [0.3, 0.4) is 0 Å². The Balaban J connectivity index is 2.06. The molecule has 29 heavy (non-hydrogen) atoms. The minimum absolute atomic E-state index is 0.371. The number of unbranched alkanes of at least 4 members (excludes halogenated alkanes) is 9. The summed E-state index contributed by atoms with van der Waals surface area (Å²) in [6.45, 7) is 3.97. The lowest BCUT2D eigenvalue weighted by molar-refractivity contribution is -0.136. The molecule has 0 aliphatic rings. The van der Waals surface area contributed by atoms with Gasteiger partial charge < -0.3 is 4.74 Å². The van der Waals surface area contributed by atoms with Crippen LogP contribution in [0.5, 0.6) is 0 Å². The molecule has 0 amide bonds. The van der Waals surface area contributed by atoms with E-state index in [0.29, 0.717) is 5.56 Å². The molecule has 6 heteroatoms. The number of hydrogen-bond acceptors (Lipinski definition) is 6. The lowest BCUT2D eigenvalue weighted by Crippen LogP contribution is -2.21. The maximum absolute atomic E-state index is 12.1. The number of thioether (sulfide) groups is 2. The molecular formula is C23H34O3S3. The Morgan fingerprint density at radius 1 is 0.931 bits per heavy atom. The van der Waals surface area contributed by atoms with Gasteiger partial charge in [0.15, 0.2) is 0 Å². The molecule has 0 heterocycles. The SMILES string of the molecule is CCCCCCCCCCCCSC(=S)SC(C)C(=O)OC(=O)c1ccccc1. The van der Waals surface area contributed by atoms with Crippen molar-refractivity contribution in [1.29, 1.82) is 0 Å². The van der Waals surface area contributed by atoms with Crippen molar-refractivity contribution in [2.45, 2.75) is 83.3 Å². The molecule has 162 valence electrons. The van der Waals surface area contributed by atoms with Crippen LogP contribution in [0.4, 0.5) is 0 Å². The van der Waals surface area contributed by atoms with Crippen molar-refractivity contribution >= 4 is 51.2 Å². The van der Waals surface area contributed by atoms with Crippen LogP contribution >= 0.6 is 35.7 Å². The average Bonchev–Trinajstić information content (AvgIpc) is 2.72. The zero-order chi connectivity index (χ0) is 21.3. The fourth-order valence-corrected chi connectivity index (χ4v) is 5.37. The summed E-state index contributed by atoms with van der Waals surface area (Å²) in [6.07, 6.45) is 13.2. The van der Waals surface area contributed by atoms with Crippen molar-refractivity contribution in [3.05, 3.63) is 35.9 Å². The van der Waals surface area contributed by atoms with Crippen LogP contribution in [0.1, 0.15) is 88.4 Å². The van der Waals surface area contributed by atoms with Crippen molar-refractivity contribution < 1.29 is 14.3 Å². The molecule has 0 aliphatic heterocycles. The van der Waals surface area contributed by atoms with E-state index in [-0.39, 0.29) is 0 Å². The van der Waals surface area contributed by atoms with Gasteiger partial charge in [-0.05, 0) is 31.2 Å². The molecule has 0 spiro atoms. The quantitative estimate of drug-likeness (QED) is 0.126. The number of rotatable bonds is 14. The first-order valence-corrected chi connectivity index (χ1v) is 13.0. The average molecular weight is 455 g/mol. The highest BCUT2D eigenvalue weighted by molar-refractivity contribution is 8.47. The maximum Gasteiger partial charge on any atom is 0.345 e. The zero-order valence-corrected chi connectivity index (χ0v) is 20.1. The van der Waals surface area contributed by atoms with Gasteiger partial charge in [0.25, 0.3) is 0 Å². The molecule has 0 fully saturated rings. The van der Waals surface area contributed by atoms with Crippen LogP contribution < -0.4 is 0 Å². The van der Waals surface area contributed by atoms with Gasteiger partial charge in [-0.1, -0.05) is 107 Å². The van der Waals surface area contributed by atoms with Crippen LogP contribution in [-0.2, 0) is 9.53 Å². The third-order valence-electron chi connectivity index (χ3n) is 4.53. The smallest absolute Gasteiger partial charge is 0.345 e. The van der Waals surface area contributed by atoms with Crippen molar-refractivity contribution in [1.82, 2.24) is 0 Å². The fourth-order valence-electron chi connectivity index (χ4n) is 2.78. The molecule has 1 aromatic rings. The largest absolute Gasteiger partial charge is 0.389 e. The van der Waals surface area contributed by atoms with E-state index < -0.39 is 17.2 Å². The number of carbonyl (C=O) groups is 2. The topological polar surface area (TPSA) is 43.4 Å². The van der Waals surface area contributed by atoms with Crippen molar-refractivity contribution in [3.63, 3.8) is 0 Å². The first-order chi connectivity index (χ1) is 14.0. The van der Waals surface area contributed by atoms with Crippen LogP contribution in [0.25, 0.3) is 0 Å². The fraction of sp³-hybridized carbons (Fsp3) is 0.609. The van der Waals surface area contributed by atoms with Gasteiger partial charge in [0.2, 0.25) is 0 Å². The lowest BCUT2D eigenvalue weighted by atomic mass is 10.1. The summed E-state index contributed by atoms with van der Waals surface area (Å²) >= 11 is 8.27. The Labute approximate surface area is 190 Å². The van der Waals surface area contributed by atoms with E-state index in [9.17, 15) is 9.59 Å². The Kier molecular flexibility index (Phi) is 15.3. The van der Waals surface area contributed by atoms with Gasteiger partial charge in [0.1, 0.15) is 8.78 Å². The number of benzene rings is 1. The minimum Gasteiger partial charge on any atom is -0.389 e. The molecule has 1 unspecified atom stereocenters. The molecule has 0 aliphatic carbocycles. The summed E-state index contributed by atoms with van der Waals surface area (Å²) in [4.78, 5) is 24.0. The minimum atomic E-state index is -0.619. The Morgan fingerprint density at radius 3 is 2.07 bits per heavy atom. The highest BCUT2D eigenvalue weighted by atomic mass is 32.2. The molecule has 0 saturated carbocycles. The molecule has 0 radical (unpaired) electrons. The second kappa shape index (κ2) is 16.9. The van der Waals surface area contributed by atoms with Crippen LogP contribution in [-0.4, -0.2) is 26.5 Å². The van der Waals surface area contributed by atoms with Crippen LogP contribution in [0.2, 0.25) is 0 Å². The summed E-state index contributed by atoms with van der Waals surface area (Å²) in [6, 6.07) is 8.53. The summed E-state index contributed by atoms with van der Waals surface area (Å²) in [5.41, 5.74) is 0.371. The van der Waals surface area contributed by atoms with Gasteiger partial charge in [-0.15, -0.1) is 11.8 Å². The van der Waals surface area contributed by atoms with E-state index in [0.717, 1.165) is 15.7 Å². The van der Waals surface area contributed by atoms with Gasteiger partial charge >= 0.3 is 11.9 Å². The van der Waals surface area contributed by atoms with Crippen molar-refractivity contribution in [2.75, 3.05) is 5.75 Å². The predicted molar refractivity (Wildman–Crippen MR) is 131 cm³/mol. The highest BCUT2D eigenvalue weighted by Gasteiger charge is 2.21. The number of esters is 2. The normalized spacial score (nSPS) is 11.8. The van der Waals surface area contributed by atoms with E-state index in [4.69, 9.17) is 17.0 Å². The third-order valence-corrected chi connectivity index (χ3v) is 7.28. The molecule has 3 nitrogen and oxygen atoms in total. The Bertz CT molecular complexity index is 605. The molecule has 0 aromatic heterocycles. The summed E-state index contributed by atoms with van der Waals surface area (Å²) < 4.78 is 5.68. The molecule has 0 saturated heterocycles. The molecule has 0 bridgehead atoms. The third kappa shape index (κ3) is 13.1. The van der Waals surface area contributed by atoms with Gasteiger partial charge in [0, 0.05) is 0 Å². The molecule has 0 N–H and O–H groups in total. The second-order valence-corrected chi connectivity index (χ2v) is 10.8. The summed E-state index contributed by atoms with van der Waals surface area (Å²) in [5.74, 6) is -0.190. The molecule has 1 atom stereocenters. The molecule has 1 aromatic carbocycles. The number of thiocarbonyl (C=S) groups is 1. The number of hydrogen-bond donors (Lipinski definition) is 0. The van der Waals surface area contributed by atoms with E-state index in [2.05, 4.69) is 6.92 Å². The first kappa shape index (κ1) is 26.2.